The monoisotopic (exact) mass is 153 g/mol. The van der Waals surface area contributed by atoms with E-state index < -0.39 is 0 Å². The molecule has 0 aliphatic carbocycles. The second-order valence-corrected chi connectivity index (χ2v) is 4.76. The van der Waals surface area contributed by atoms with Gasteiger partial charge in [-0.05, 0) is 25.2 Å². The summed E-state index contributed by atoms with van der Waals surface area (Å²) in [5.74, 6) is 0. The summed E-state index contributed by atoms with van der Waals surface area (Å²) in [6.45, 7) is 10.7. The number of nitrogens with zero attached hydrogens (tertiary/aromatic N) is 1. The molecule has 0 radical (unpaired) electrons. The number of hydrogen-bond acceptors (Lipinski definition) is 1. The number of nitriles is 1. The Morgan fingerprint density at radius 2 is 1.64 bits per heavy atom. The van der Waals surface area contributed by atoms with Crippen molar-refractivity contribution in [1.29, 1.82) is 5.26 Å². The van der Waals surface area contributed by atoms with Gasteiger partial charge in [-0.1, -0.05) is 27.7 Å². The molecular formula is C10H19N. The average Bonchev–Trinajstić information content (AvgIpc) is 1.84. The van der Waals surface area contributed by atoms with Gasteiger partial charge in [-0.3, -0.25) is 0 Å². The molecule has 0 aliphatic heterocycles. The molecule has 0 aromatic carbocycles. The molecule has 0 saturated heterocycles. The van der Waals surface area contributed by atoms with Crippen molar-refractivity contribution in [2.75, 3.05) is 0 Å². The maximum Gasteiger partial charge on any atom is 0.0686 e. The van der Waals surface area contributed by atoms with Crippen molar-refractivity contribution in [1.82, 2.24) is 0 Å². The molecule has 1 atom stereocenters. The van der Waals surface area contributed by atoms with E-state index in [1.165, 1.54) is 0 Å². The summed E-state index contributed by atoms with van der Waals surface area (Å²) in [7, 11) is 0. The van der Waals surface area contributed by atoms with Crippen LogP contribution in [0.1, 0.15) is 47.5 Å². The van der Waals surface area contributed by atoms with Crippen molar-refractivity contribution in [3.8, 4) is 6.07 Å². The molecule has 0 aromatic rings. The molecule has 0 saturated carbocycles. The molecule has 0 amide bonds. The Bertz CT molecular complexity index is 159. The predicted octanol–water partition coefficient (Wildman–Crippen LogP) is 3.36. The van der Waals surface area contributed by atoms with Gasteiger partial charge in [0.25, 0.3) is 0 Å². The molecule has 0 heterocycles. The van der Waals surface area contributed by atoms with Crippen molar-refractivity contribution in [3.05, 3.63) is 0 Å². The van der Waals surface area contributed by atoms with Crippen LogP contribution in [-0.4, -0.2) is 0 Å². The molecule has 0 aromatic heterocycles. The summed E-state index contributed by atoms with van der Waals surface area (Å²) < 4.78 is 0. The Morgan fingerprint density at radius 1 is 1.18 bits per heavy atom. The smallest absolute Gasteiger partial charge is 0.0686 e. The Hall–Kier alpha value is -0.510. The Labute approximate surface area is 70.4 Å². The van der Waals surface area contributed by atoms with Crippen molar-refractivity contribution < 1.29 is 0 Å². The minimum atomic E-state index is -0.127. The first-order chi connectivity index (χ1) is 4.83. The minimum absolute atomic E-state index is 0.127. The molecule has 1 unspecified atom stereocenters. The van der Waals surface area contributed by atoms with Crippen molar-refractivity contribution in [2.45, 2.75) is 47.5 Å². The summed E-state index contributed by atoms with van der Waals surface area (Å²) in [6.07, 6.45) is 1.92. The van der Waals surface area contributed by atoms with Gasteiger partial charge in [0.15, 0.2) is 0 Å². The van der Waals surface area contributed by atoms with E-state index in [0.29, 0.717) is 0 Å². The third-order valence-corrected chi connectivity index (χ3v) is 1.97. The summed E-state index contributed by atoms with van der Waals surface area (Å²) in [5.41, 5.74) is 0.138. The van der Waals surface area contributed by atoms with Gasteiger partial charge in [-0.25, -0.2) is 0 Å². The normalized spacial score (nSPS) is 17.1. The fourth-order valence-corrected chi connectivity index (χ4v) is 1.41. The second-order valence-electron chi connectivity index (χ2n) is 4.76. The lowest BCUT2D eigenvalue weighted by Crippen LogP contribution is -2.21. The van der Waals surface area contributed by atoms with Gasteiger partial charge in [-0.15, -0.1) is 0 Å². The molecule has 0 aliphatic rings. The van der Waals surface area contributed by atoms with Crippen LogP contribution >= 0.6 is 0 Å². The number of hydrogen-bond donors (Lipinski definition) is 0. The predicted molar refractivity (Wildman–Crippen MR) is 48.1 cm³/mol. The summed E-state index contributed by atoms with van der Waals surface area (Å²) in [5, 5.41) is 8.90. The maximum atomic E-state index is 8.90. The Kier molecular flexibility index (Phi) is 3.11. The highest BCUT2D eigenvalue weighted by Gasteiger charge is 2.27. The first kappa shape index (κ1) is 10.5. The summed E-state index contributed by atoms with van der Waals surface area (Å²) >= 11 is 0. The number of rotatable bonds is 2. The molecule has 0 spiro atoms. The SMILES string of the molecule is CCC(C)(C#N)CC(C)(C)C. The van der Waals surface area contributed by atoms with Gasteiger partial charge in [0, 0.05) is 0 Å². The zero-order chi connectivity index (χ0) is 9.12. The zero-order valence-electron chi connectivity index (χ0n) is 8.36. The van der Waals surface area contributed by atoms with Gasteiger partial charge < -0.3 is 0 Å². The van der Waals surface area contributed by atoms with Crippen LogP contribution in [0, 0.1) is 22.2 Å². The van der Waals surface area contributed by atoms with Crippen LogP contribution in [0.25, 0.3) is 0 Å². The van der Waals surface area contributed by atoms with E-state index in [9.17, 15) is 0 Å². The third-order valence-electron chi connectivity index (χ3n) is 1.97. The quantitative estimate of drug-likeness (QED) is 0.596. The zero-order valence-corrected chi connectivity index (χ0v) is 8.36. The summed E-state index contributed by atoms with van der Waals surface area (Å²) in [4.78, 5) is 0. The standard InChI is InChI=1S/C10H19N/c1-6-10(5,8-11)7-9(2,3)4/h6-7H2,1-5H3. The fourth-order valence-electron chi connectivity index (χ4n) is 1.41. The first-order valence-corrected chi connectivity index (χ1v) is 4.24. The largest absolute Gasteiger partial charge is 0.198 e. The van der Waals surface area contributed by atoms with Crippen molar-refractivity contribution in [3.63, 3.8) is 0 Å². The van der Waals surface area contributed by atoms with Crippen LogP contribution in [0.15, 0.2) is 0 Å². The first-order valence-electron chi connectivity index (χ1n) is 4.24. The molecule has 0 N–H and O–H groups in total. The van der Waals surface area contributed by atoms with E-state index in [0.717, 1.165) is 12.8 Å². The molecule has 11 heavy (non-hydrogen) atoms. The van der Waals surface area contributed by atoms with Gasteiger partial charge in [0.1, 0.15) is 0 Å². The maximum absolute atomic E-state index is 8.90. The lowest BCUT2D eigenvalue weighted by Gasteiger charge is -2.28. The van der Waals surface area contributed by atoms with E-state index >= 15 is 0 Å². The molecule has 0 bridgehead atoms. The van der Waals surface area contributed by atoms with Crippen molar-refractivity contribution in [2.24, 2.45) is 10.8 Å². The highest BCUT2D eigenvalue weighted by atomic mass is 14.4. The highest BCUT2D eigenvalue weighted by molar-refractivity contribution is 4.96. The van der Waals surface area contributed by atoms with E-state index in [2.05, 4.69) is 33.8 Å². The second kappa shape index (κ2) is 3.26. The fraction of sp³-hybridized carbons (Fsp3) is 0.900. The third kappa shape index (κ3) is 4.03. The van der Waals surface area contributed by atoms with Gasteiger partial charge in [0.2, 0.25) is 0 Å². The lowest BCUT2D eigenvalue weighted by atomic mass is 9.74. The van der Waals surface area contributed by atoms with Crippen LogP contribution < -0.4 is 0 Å². The summed E-state index contributed by atoms with van der Waals surface area (Å²) in [6, 6.07) is 2.38. The van der Waals surface area contributed by atoms with Crippen LogP contribution in [0.4, 0.5) is 0 Å². The van der Waals surface area contributed by atoms with Crippen LogP contribution in [0.5, 0.6) is 0 Å². The molecule has 0 rings (SSSR count). The van der Waals surface area contributed by atoms with Gasteiger partial charge >= 0.3 is 0 Å². The average molecular weight is 153 g/mol. The molecule has 1 heteroatoms. The van der Waals surface area contributed by atoms with E-state index in [-0.39, 0.29) is 10.8 Å². The van der Waals surface area contributed by atoms with Crippen LogP contribution in [-0.2, 0) is 0 Å². The molecular weight excluding hydrogens is 134 g/mol. The van der Waals surface area contributed by atoms with E-state index in [4.69, 9.17) is 5.26 Å². The molecule has 1 nitrogen and oxygen atoms in total. The van der Waals surface area contributed by atoms with Gasteiger partial charge in [-0.2, -0.15) is 5.26 Å². The van der Waals surface area contributed by atoms with E-state index in [1.807, 2.05) is 6.92 Å². The molecule has 64 valence electrons. The Balaban J connectivity index is 4.23. The van der Waals surface area contributed by atoms with E-state index in [1.54, 1.807) is 0 Å². The van der Waals surface area contributed by atoms with Crippen LogP contribution in [0.2, 0.25) is 0 Å². The highest BCUT2D eigenvalue weighted by Crippen LogP contribution is 2.35. The van der Waals surface area contributed by atoms with Crippen LogP contribution in [0.3, 0.4) is 0 Å². The minimum Gasteiger partial charge on any atom is -0.198 e. The lowest BCUT2D eigenvalue weighted by molar-refractivity contribution is 0.244. The molecule has 0 fully saturated rings. The van der Waals surface area contributed by atoms with Gasteiger partial charge in [0.05, 0.1) is 11.5 Å². The Morgan fingerprint density at radius 3 is 1.73 bits per heavy atom. The topological polar surface area (TPSA) is 23.8 Å². The van der Waals surface area contributed by atoms with Crippen molar-refractivity contribution >= 4 is 0 Å².